The molecule has 2 rings (SSSR count). The monoisotopic (exact) mass is 253 g/mol. The molecule has 5 nitrogen and oxygen atoms in total. The topological polar surface area (TPSA) is 81.0 Å². The number of nitrogens with zero attached hydrogens (tertiary/aromatic N) is 1. The molecule has 0 unspecified atom stereocenters. The van der Waals surface area contributed by atoms with E-state index >= 15 is 0 Å². The molecule has 1 atom stereocenters. The number of nitrogens with two attached hydrogens (primary N) is 1. The molecule has 0 amide bonds. The van der Waals surface area contributed by atoms with Crippen molar-refractivity contribution < 1.29 is 9.53 Å². The van der Waals surface area contributed by atoms with Gasteiger partial charge in [-0.25, -0.2) is 4.98 Å². The zero-order valence-corrected chi connectivity index (χ0v) is 9.99. The van der Waals surface area contributed by atoms with Gasteiger partial charge in [-0.15, -0.1) is 0 Å². The van der Waals surface area contributed by atoms with Crippen molar-refractivity contribution in [3.63, 3.8) is 0 Å². The van der Waals surface area contributed by atoms with Gasteiger partial charge in [0.2, 0.25) is 0 Å². The number of aromatic amines is 1. The smallest absolute Gasteiger partial charge is 0.307 e. The minimum atomic E-state index is -0.512. The molecule has 0 aliphatic carbocycles. The molecular weight excluding hydrogens is 242 g/mol. The first-order valence-electron chi connectivity index (χ1n) is 5.07. The van der Waals surface area contributed by atoms with Crippen molar-refractivity contribution in [3.8, 4) is 0 Å². The van der Waals surface area contributed by atoms with Crippen LogP contribution in [0.4, 0.5) is 0 Å². The Bertz CT molecular complexity index is 553. The molecule has 0 saturated carbocycles. The van der Waals surface area contributed by atoms with Crippen LogP contribution in [0.15, 0.2) is 18.5 Å². The Kier molecular flexibility index (Phi) is 3.31. The zero-order chi connectivity index (χ0) is 12.4. The van der Waals surface area contributed by atoms with Gasteiger partial charge in [0.25, 0.3) is 0 Å². The first-order valence-corrected chi connectivity index (χ1v) is 5.45. The van der Waals surface area contributed by atoms with Gasteiger partial charge in [-0.1, -0.05) is 11.6 Å². The minimum absolute atomic E-state index is 0.0772. The van der Waals surface area contributed by atoms with E-state index in [0.29, 0.717) is 16.2 Å². The predicted octanol–water partition coefficient (Wildman–Crippen LogP) is 1.78. The number of fused-ring (bicyclic) bond motifs is 1. The Morgan fingerprint density at radius 2 is 2.47 bits per heavy atom. The zero-order valence-electron chi connectivity index (χ0n) is 9.24. The van der Waals surface area contributed by atoms with Gasteiger partial charge < -0.3 is 15.5 Å². The highest BCUT2D eigenvalue weighted by atomic mass is 35.5. The lowest BCUT2D eigenvalue weighted by Crippen LogP contribution is -2.17. The summed E-state index contributed by atoms with van der Waals surface area (Å²) in [6.45, 7) is 0. The molecule has 0 fully saturated rings. The number of halogens is 1. The number of ether oxygens (including phenoxy) is 1. The van der Waals surface area contributed by atoms with Crippen LogP contribution in [0.2, 0.25) is 5.02 Å². The lowest BCUT2D eigenvalue weighted by Gasteiger charge is -2.12. The molecule has 0 aliphatic heterocycles. The fraction of sp³-hybridized carbons (Fsp3) is 0.273. The maximum absolute atomic E-state index is 11.1. The highest BCUT2D eigenvalue weighted by molar-refractivity contribution is 6.36. The van der Waals surface area contributed by atoms with Crippen molar-refractivity contribution in [1.29, 1.82) is 0 Å². The number of hydrogen-bond donors (Lipinski definition) is 2. The second-order valence-electron chi connectivity index (χ2n) is 3.65. The summed E-state index contributed by atoms with van der Waals surface area (Å²) in [5.41, 5.74) is 7.24. The molecule has 2 aromatic heterocycles. The second kappa shape index (κ2) is 4.73. The third-order valence-corrected chi connectivity index (χ3v) is 2.98. The molecule has 0 saturated heterocycles. The first kappa shape index (κ1) is 11.9. The first-order chi connectivity index (χ1) is 8.13. The molecule has 90 valence electrons. The number of methoxy groups -OCH3 is 1. The summed E-state index contributed by atoms with van der Waals surface area (Å²) < 4.78 is 4.57. The number of carbonyl (C=O) groups is 1. The molecule has 3 N–H and O–H groups in total. The van der Waals surface area contributed by atoms with Crippen LogP contribution in [-0.4, -0.2) is 23.0 Å². The van der Waals surface area contributed by atoms with Crippen molar-refractivity contribution >= 4 is 28.6 Å². The standard InChI is InChI=1S/C11H12ClN3O2/c1-17-9(16)4-8(13)7-5-15-11-6(10(7)12)2-3-14-11/h2-3,5,8H,4,13H2,1H3,(H,14,15)/t8-/m0/s1. The lowest BCUT2D eigenvalue weighted by molar-refractivity contribution is -0.141. The third-order valence-electron chi connectivity index (χ3n) is 2.56. The third kappa shape index (κ3) is 2.25. The van der Waals surface area contributed by atoms with Crippen LogP contribution in [-0.2, 0) is 9.53 Å². The van der Waals surface area contributed by atoms with Crippen LogP contribution in [0, 0.1) is 0 Å². The average molecular weight is 254 g/mol. The SMILES string of the molecule is COC(=O)C[C@H](N)c1cnc2[nH]ccc2c1Cl. The number of nitrogens with one attached hydrogen (secondary N) is 1. The minimum Gasteiger partial charge on any atom is -0.469 e. The summed E-state index contributed by atoms with van der Waals surface area (Å²) in [4.78, 5) is 18.3. The fourth-order valence-corrected chi connectivity index (χ4v) is 1.96. The van der Waals surface area contributed by atoms with Crippen molar-refractivity contribution in [2.75, 3.05) is 7.11 Å². The van der Waals surface area contributed by atoms with Gasteiger partial charge in [0.05, 0.1) is 18.6 Å². The molecule has 6 heteroatoms. The number of hydrogen-bond acceptors (Lipinski definition) is 4. The summed E-state index contributed by atoms with van der Waals surface area (Å²) in [5, 5.41) is 1.32. The number of carbonyl (C=O) groups excluding carboxylic acids is 1. The normalized spacial score (nSPS) is 12.6. The molecule has 0 spiro atoms. The summed E-state index contributed by atoms with van der Waals surface area (Å²) in [6.07, 6.45) is 3.40. The molecule has 2 aromatic rings. The average Bonchev–Trinajstić information content (AvgIpc) is 2.78. The van der Waals surface area contributed by atoms with Gasteiger partial charge in [-0.05, 0) is 6.07 Å². The van der Waals surface area contributed by atoms with Crippen LogP contribution < -0.4 is 5.73 Å². The van der Waals surface area contributed by atoms with Crippen LogP contribution in [0.5, 0.6) is 0 Å². The largest absolute Gasteiger partial charge is 0.469 e. The molecule has 0 aliphatic rings. The predicted molar refractivity (Wildman–Crippen MR) is 64.7 cm³/mol. The van der Waals surface area contributed by atoms with Gasteiger partial charge in [0, 0.05) is 29.4 Å². The van der Waals surface area contributed by atoms with E-state index in [-0.39, 0.29) is 12.4 Å². The number of rotatable bonds is 3. The van der Waals surface area contributed by atoms with Crippen LogP contribution in [0.3, 0.4) is 0 Å². The fourth-order valence-electron chi connectivity index (χ4n) is 1.62. The van der Waals surface area contributed by atoms with Gasteiger partial charge >= 0.3 is 5.97 Å². The van der Waals surface area contributed by atoms with Crippen LogP contribution in [0.1, 0.15) is 18.0 Å². The van der Waals surface area contributed by atoms with Crippen molar-refractivity contribution in [3.05, 3.63) is 29.0 Å². The van der Waals surface area contributed by atoms with E-state index in [2.05, 4.69) is 14.7 Å². The van der Waals surface area contributed by atoms with Gasteiger partial charge in [-0.3, -0.25) is 4.79 Å². The van der Waals surface area contributed by atoms with E-state index in [9.17, 15) is 4.79 Å². The van der Waals surface area contributed by atoms with Crippen molar-refractivity contribution in [1.82, 2.24) is 9.97 Å². The van der Waals surface area contributed by atoms with Gasteiger partial charge in [-0.2, -0.15) is 0 Å². The van der Waals surface area contributed by atoms with Crippen molar-refractivity contribution in [2.24, 2.45) is 5.73 Å². The van der Waals surface area contributed by atoms with Gasteiger partial charge in [0.1, 0.15) is 5.65 Å². The summed E-state index contributed by atoms with van der Waals surface area (Å²) in [5.74, 6) is -0.372. The second-order valence-corrected chi connectivity index (χ2v) is 4.03. The summed E-state index contributed by atoms with van der Waals surface area (Å²) >= 11 is 6.21. The summed E-state index contributed by atoms with van der Waals surface area (Å²) in [6, 6.07) is 1.31. The van der Waals surface area contributed by atoms with E-state index < -0.39 is 6.04 Å². The van der Waals surface area contributed by atoms with E-state index in [1.165, 1.54) is 7.11 Å². The molecular formula is C11H12ClN3O2. The van der Waals surface area contributed by atoms with Crippen LogP contribution >= 0.6 is 11.6 Å². The number of esters is 1. The Hall–Kier alpha value is -1.59. The molecule has 17 heavy (non-hydrogen) atoms. The molecule has 2 heterocycles. The van der Waals surface area contributed by atoms with Gasteiger partial charge in [0.15, 0.2) is 0 Å². The van der Waals surface area contributed by atoms with E-state index in [0.717, 1.165) is 5.39 Å². The Morgan fingerprint density at radius 3 is 3.18 bits per heavy atom. The Balaban J connectivity index is 2.34. The molecule has 0 bridgehead atoms. The molecule has 0 aromatic carbocycles. The Morgan fingerprint density at radius 1 is 1.71 bits per heavy atom. The quantitative estimate of drug-likeness (QED) is 0.817. The van der Waals surface area contributed by atoms with E-state index in [4.69, 9.17) is 17.3 Å². The number of H-pyrrole nitrogens is 1. The summed E-state index contributed by atoms with van der Waals surface area (Å²) in [7, 11) is 1.32. The van der Waals surface area contributed by atoms with Crippen LogP contribution in [0.25, 0.3) is 11.0 Å². The lowest BCUT2D eigenvalue weighted by atomic mass is 10.1. The highest BCUT2D eigenvalue weighted by Crippen LogP contribution is 2.29. The van der Waals surface area contributed by atoms with Crippen molar-refractivity contribution in [2.45, 2.75) is 12.5 Å². The highest BCUT2D eigenvalue weighted by Gasteiger charge is 2.17. The van der Waals surface area contributed by atoms with E-state index in [1.54, 1.807) is 12.4 Å². The number of aromatic nitrogens is 2. The maximum atomic E-state index is 11.1. The molecule has 0 radical (unpaired) electrons. The Labute approximate surface area is 103 Å². The maximum Gasteiger partial charge on any atom is 0.307 e. The van der Waals surface area contributed by atoms with E-state index in [1.807, 2.05) is 6.07 Å². The number of pyridine rings is 1.